The number of amides is 14. The van der Waals surface area contributed by atoms with Crippen LogP contribution in [0, 0.1) is 0 Å². The third-order valence-electron chi connectivity index (χ3n) is 9.93. The third-order valence-corrected chi connectivity index (χ3v) is 9.93. The van der Waals surface area contributed by atoms with Crippen LogP contribution in [0.15, 0.2) is 0 Å². The van der Waals surface area contributed by atoms with E-state index in [1.54, 1.807) is 41.5 Å². The van der Waals surface area contributed by atoms with Gasteiger partial charge < -0.3 is 101 Å². The number of rotatable bonds is 35. The zero-order chi connectivity index (χ0) is 65.7. The second-order valence-electron chi connectivity index (χ2n) is 19.4. The van der Waals surface area contributed by atoms with E-state index in [2.05, 4.69) is 72.1 Å². The lowest BCUT2D eigenvalue weighted by Crippen LogP contribution is -2.51. The number of esters is 4. The molecule has 0 fully saturated rings. The molecule has 0 aromatic heterocycles. The summed E-state index contributed by atoms with van der Waals surface area (Å²) in [6.07, 6.45) is -1.81. The lowest BCUT2D eigenvalue weighted by molar-refractivity contribution is -0.148. The molecular weight excluding hydrogens is 1160 g/mol. The van der Waals surface area contributed by atoms with Gasteiger partial charge in [0.1, 0.15) is 76.6 Å². The lowest BCUT2D eigenvalue weighted by Gasteiger charge is -2.22. The summed E-state index contributed by atoms with van der Waals surface area (Å²) < 4.78 is 28.2. The number of nitrogens with zero attached hydrogens (tertiary/aromatic N) is 4. The number of methoxy groups -OCH3 is 4. The van der Waals surface area contributed by atoms with Gasteiger partial charge in [-0.15, -0.1) is 0 Å². The molecule has 0 aliphatic carbocycles. The lowest BCUT2D eigenvalue weighted by atomic mass is 10.2. The summed E-state index contributed by atoms with van der Waals surface area (Å²) in [6, 6.07) is 0. The van der Waals surface area contributed by atoms with Gasteiger partial charge in [-0.3, -0.25) is 76.7 Å². The summed E-state index contributed by atoms with van der Waals surface area (Å²) in [6.45, 7) is -3.10. The van der Waals surface area contributed by atoms with E-state index in [-0.39, 0.29) is 13.1 Å². The maximum atomic E-state index is 13.0. The van der Waals surface area contributed by atoms with Gasteiger partial charge in [0.15, 0.2) is 0 Å². The first kappa shape index (κ1) is 76.1. The molecule has 0 aromatic rings. The fourth-order valence-electron chi connectivity index (χ4n) is 5.82. The van der Waals surface area contributed by atoms with Crippen molar-refractivity contribution in [1.82, 2.24) is 72.8 Å². The molecule has 0 heterocycles. The molecule has 0 aromatic carbocycles. The molecule has 0 saturated carbocycles. The van der Waals surface area contributed by atoms with Crippen molar-refractivity contribution >= 4 is 107 Å². The van der Waals surface area contributed by atoms with Crippen molar-refractivity contribution in [2.24, 2.45) is 0 Å². The average molecular weight is 1230 g/mol. The van der Waals surface area contributed by atoms with Crippen LogP contribution in [0.25, 0.3) is 0 Å². The van der Waals surface area contributed by atoms with Gasteiger partial charge in [-0.1, -0.05) is 0 Å². The molecule has 0 rings (SSSR count). The van der Waals surface area contributed by atoms with Crippen LogP contribution in [0.5, 0.6) is 0 Å². The SMILES string of the molecule is COC(=O)CN(CC(=O)NCCNC(=O)CN(CC(=O)OC)C(=O)CNC(=O)CNC(=O)CN(CC(=O)OC)C(=O)CNC(=O)CNC(=O)OC(C)(C)C)C(=O)CNC(=O)CNC(=O)CN(CC(=O)OC)C(=O)CNC(=O)CNC(=O)OC(C)(C)C. The highest BCUT2D eigenvalue weighted by atomic mass is 16.6. The van der Waals surface area contributed by atoms with Crippen LogP contribution in [0.4, 0.5) is 9.59 Å². The monoisotopic (exact) mass is 1230 g/mol. The van der Waals surface area contributed by atoms with E-state index in [9.17, 15) is 86.3 Å². The average Bonchev–Trinajstić information content (AvgIpc) is 3.58. The Labute approximate surface area is 492 Å². The van der Waals surface area contributed by atoms with Crippen molar-refractivity contribution in [3.8, 4) is 0 Å². The maximum Gasteiger partial charge on any atom is 0.408 e. The zero-order valence-electron chi connectivity index (χ0n) is 49.3. The summed E-state index contributed by atoms with van der Waals surface area (Å²) in [5, 5.41) is 22.2. The summed E-state index contributed by atoms with van der Waals surface area (Å²) >= 11 is 0. The fraction of sp³-hybridized carbons (Fsp3) is 0.625. The summed E-state index contributed by atoms with van der Waals surface area (Å²) in [4.78, 5) is 227. The first-order valence-corrected chi connectivity index (χ1v) is 25.6. The van der Waals surface area contributed by atoms with Crippen molar-refractivity contribution in [2.45, 2.75) is 52.7 Å². The highest BCUT2D eigenvalue weighted by molar-refractivity contribution is 5.96. The van der Waals surface area contributed by atoms with Crippen molar-refractivity contribution in [3.05, 3.63) is 0 Å². The quantitative estimate of drug-likeness (QED) is 0.0160. The standard InChI is InChI=1S/C48H76N14O24/c1-47(2,3)85-45(79)57-15-31(65)55-19-39(73)61(27-43(77)83-9)23-35(69)51-13-29(63)53-17-37(71)59(25-41(75)81-7)21-33(67)49-11-12-50-34(68)22-60(26-42(76)82-8)38(72)18-54-30(64)14-52-36(70)24-62(28-44(78)84-10)40(74)20-56-32(66)16-58-46(80)86-48(4,5)6/h11-28H2,1-10H3,(H,49,67)(H,50,68)(H,51,69)(H,52,70)(H,53,63)(H,54,64)(H,55,65)(H,56,66)(H,57,79)(H,58,80). The van der Waals surface area contributed by atoms with E-state index in [4.69, 9.17) is 9.47 Å². The van der Waals surface area contributed by atoms with Gasteiger partial charge in [-0.2, -0.15) is 0 Å². The van der Waals surface area contributed by atoms with Crippen molar-refractivity contribution in [3.63, 3.8) is 0 Å². The largest absolute Gasteiger partial charge is 0.468 e. The van der Waals surface area contributed by atoms with Gasteiger partial charge in [0.25, 0.3) is 0 Å². The number of carbonyl (C=O) groups is 18. The Hall–Kier alpha value is -9.94. The normalized spacial score (nSPS) is 10.5. The van der Waals surface area contributed by atoms with Crippen LogP contribution in [0.1, 0.15) is 41.5 Å². The van der Waals surface area contributed by atoms with Gasteiger partial charge in [0.05, 0.1) is 67.7 Å². The van der Waals surface area contributed by atoms with Gasteiger partial charge in [-0.25, -0.2) is 9.59 Å². The highest BCUT2D eigenvalue weighted by Crippen LogP contribution is 2.07. The molecular formula is C48H76N14O24. The van der Waals surface area contributed by atoms with Crippen LogP contribution in [0.3, 0.4) is 0 Å². The zero-order valence-corrected chi connectivity index (χ0v) is 49.3. The summed E-state index contributed by atoms with van der Waals surface area (Å²) in [5.74, 6) is -15.0. The van der Waals surface area contributed by atoms with Crippen molar-refractivity contribution in [1.29, 1.82) is 0 Å². The number of hydrogen-bond donors (Lipinski definition) is 10. The van der Waals surface area contributed by atoms with Gasteiger partial charge in [-0.05, 0) is 41.5 Å². The van der Waals surface area contributed by atoms with Crippen molar-refractivity contribution in [2.75, 3.05) is 146 Å². The van der Waals surface area contributed by atoms with Crippen LogP contribution < -0.4 is 53.2 Å². The molecule has 38 nitrogen and oxygen atoms in total. The predicted octanol–water partition coefficient (Wildman–Crippen LogP) is -9.03. The molecule has 0 aliphatic heterocycles. The second kappa shape index (κ2) is 39.5. The first-order valence-electron chi connectivity index (χ1n) is 25.6. The minimum Gasteiger partial charge on any atom is -0.468 e. The fourth-order valence-corrected chi connectivity index (χ4v) is 5.82. The molecule has 0 radical (unpaired) electrons. The summed E-state index contributed by atoms with van der Waals surface area (Å²) in [5.41, 5.74) is -1.70. The number of nitrogens with one attached hydrogen (secondary N) is 10. The Morgan fingerprint density at radius 2 is 0.465 bits per heavy atom. The van der Waals surface area contributed by atoms with Gasteiger partial charge in [0.2, 0.25) is 70.9 Å². The Bertz CT molecular complexity index is 2310. The number of hydrogen-bond acceptors (Lipinski definition) is 24. The molecule has 0 saturated heterocycles. The van der Waals surface area contributed by atoms with E-state index in [1.807, 2.05) is 0 Å². The molecule has 0 unspecified atom stereocenters. The Kier molecular flexibility index (Phi) is 35.0. The molecule has 0 atom stereocenters. The maximum absolute atomic E-state index is 13.0. The molecule has 0 bridgehead atoms. The van der Waals surface area contributed by atoms with Gasteiger partial charge in [0, 0.05) is 13.1 Å². The van der Waals surface area contributed by atoms with Crippen molar-refractivity contribution < 1.29 is 115 Å². The highest BCUT2D eigenvalue weighted by Gasteiger charge is 2.27. The molecule has 38 heteroatoms. The molecule has 14 amide bonds. The number of alkyl carbamates (subject to hydrolysis) is 2. The molecule has 0 aliphatic rings. The smallest absolute Gasteiger partial charge is 0.408 e. The minimum atomic E-state index is -0.991. The van der Waals surface area contributed by atoms with E-state index in [1.165, 1.54) is 0 Å². The summed E-state index contributed by atoms with van der Waals surface area (Å²) in [7, 11) is 4.00. The van der Waals surface area contributed by atoms with Gasteiger partial charge >= 0.3 is 36.1 Å². The molecule has 10 N–H and O–H groups in total. The van der Waals surface area contributed by atoms with Crippen LogP contribution in [-0.4, -0.2) is 284 Å². The van der Waals surface area contributed by atoms with E-state index in [0.29, 0.717) is 19.6 Å². The minimum absolute atomic E-state index is 0.307. The van der Waals surface area contributed by atoms with Crippen LogP contribution in [0.2, 0.25) is 0 Å². The van der Waals surface area contributed by atoms with Crippen LogP contribution >= 0.6 is 0 Å². The topological polar surface area (TPSA) is 496 Å². The Morgan fingerprint density at radius 3 is 0.674 bits per heavy atom. The second-order valence-corrected chi connectivity index (χ2v) is 19.4. The molecule has 482 valence electrons. The van der Waals surface area contributed by atoms with E-state index >= 15 is 0 Å². The van der Waals surface area contributed by atoms with E-state index < -0.39 is 223 Å². The van der Waals surface area contributed by atoms with Crippen LogP contribution in [-0.2, 0) is 105 Å². The first-order chi connectivity index (χ1) is 40.1. The third kappa shape index (κ3) is 37.2. The molecule has 0 spiro atoms. The number of carbonyl (C=O) groups excluding carboxylic acids is 18. The Morgan fingerprint density at radius 1 is 0.267 bits per heavy atom. The number of ether oxygens (including phenoxy) is 6. The predicted molar refractivity (Wildman–Crippen MR) is 287 cm³/mol. The Balaban J connectivity index is 5.25. The molecule has 86 heavy (non-hydrogen) atoms. The van der Waals surface area contributed by atoms with E-state index in [0.717, 1.165) is 28.4 Å².